The van der Waals surface area contributed by atoms with Gasteiger partial charge in [0.1, 0.15) is 11.2 Å². The van der Waals surface area contributed by atoms with Crippen molar-refractivity contribution in [1.82, 2.24) is 0 Å². The van der Waals surface area contributed by atoms with Crippen LogP contribution in [0.5, 0.6) is 0 Å². The van der Waals surface area contributed by atoms with Crippen LogP contribution in [0.2, 0.25) is 0 Å². The molecule has 0 radical (unpaired) electrons. The average Bonchev–Trinajstić information content (AvgIpc) is 3.88. The highest BCUT2D eigenvalue weighted by Gasteiger charge is 2.21. The third kappa shape index (κ3) is 3.80. The van der Waals surface area contributed by atoms with Gasteiger partial charge in [0.25, 0.3) is 0 Å². The smallest absolute Gasteiger partial charge is 0.136 e. The molecule has 0 spiro atoms. The molecule has 3 heteroatoms. The number of thiophene rings is 2. The van der Waals surface area contributed by atoms with Crippen LogP contribution in [-0.4, -0.2) is 0 Å². The molecule has 0 aliphatic heterocycles. The number of para-hydroxylation sites is 1. The fourth-order valence-corrected chi connectivity index (χ4v) is 11.3. The van der Waals surface area contributed by atoms with E-state index in [4.69, 9.17) is 4.42 Å². The van der Waals surface area contributed by atoms with Gasteiger partial charge >= 0.3 is 0 Å². The first-order valence-corrected chi connectivity index (χ1v) is 19.0. The highest BCUT2D eigenvalue weighted by molar-refractivity contribution is 7.30. The van der Waals surface area contributed by atoms with Gasteiger partial charge in [-0.3, -0.25) is 0 Å². The van der Waals surface area contributed by atoms with E-state index in [1.54, 1.807) is 0 Å². The van der Waals surface area contributed by atoms with Gasteiger partial charge in [-0.15, -0.1) is 22.7 Å². The molecule has 0 saturated heterocycles. The summed E-state index contributed by atoms with van der Waals surface area (Å²) in [6.45, 7) is 0. The highest BCUT2D eigenvalue weighted by atomic mass is 32.1. The number of hydrogen-bond donors (Lipinski definition) is 0. The molecule has 0 N–H and O–H groups in total. The Morgan fingerprint density at radius 1 is 0.314 bits per heavy atom. The predicted molar refractivity (Wildman–Crippen MR) is 223 cm³/mol. The Morgan fingerprint density at radius 2 is 0.824 bits per heavy atom. The van der Waals surface area contributed by atoms with Gasteiger partial charge in [0.15, 0.2) is 0 Å². The topological polar surface area (TPSA) is 13.1 Å². The zero-order valence-corrected chi connectivity index (χ0v) is 28.9. The summed E-state index contributed by atoms with van der Waals surface area (Å²) in [5.74, 6) is 0. The first kappa shape index (κ1) is 27.8. The normalized spacial score (nSPS) is 12.3. The van der Waals surface area contributed by atoms with Gasteiger partial charge in [-0.25, -0.2) is 0 Å². The van der Waals surface area contributed by atoms with Crippen molar-refractivity contribution in [1.29, 1.82) is 0 Å². The SMILES string of the molecule is c1ccc2c(c1)oc1cc(-c3c4ccccc4c(-c4ccc5sc6c(c5c4)c4ccccc4c4sc5ccccc5c46)c4ccccc34)ccc12. The minimum Gasteiger partial charge on any atom is -0.456 e. The van der Waals surface area contributed by atoms with Crippen LogP contribution in [0.4, 0.5) is 0 Å². The van der Waals surface area contributed by atoms with Gasteiger partial charge in [0.2, 0.25) is 0 Å². The molecule has 3 aromatic heterocycles. The Kier molecular flexibility index (Phi) is 5.59. The molecule has 0 unspecified atom stereocenters. The second-order valence-corrected chi connectivity index (χ2v) is 15.6. The summed E-state index contributed by atoms with van der Waals surface area (Å²) in [6, 6.07) is 58.0. The van der Waals surface area contributed by atoms with Crippen molar-refractivity contribution < 1.29 is 4.42 Å². The highest BCUT2D eigenvalue weighted by Crippen LogP contribution is 2.51. The summed E-state index contributed by atoms with van der Waals surface area (Å²) in [5, 5.41) is 15.4. The molecule has 0 amide bonds. The summed E-state index contributed by atoms with van der Waals surface area (Å²) >= 11 is 3.86. The largest absolute Gasteiger partial charge is 0.456 e. The van der Waals surface area contributed by atoms with E-state index in [0.29, 0.717) is 0 Å². The second-order valence-electron chi connectivity index (χ2n) is 13.5. The van der Waals surface area contributed by atoms with Crippen LogP contribution < -0.4 is 0 Å². The first-order valence-electron chi connectivity index (χ1n) is 17.3. The predicted octanol–water partition coefficient (Wildman–Crippen LogP) is 15.1. The van der Waals surface area contributed by atoms with Crippen molar-refractivity contribution in [2.24, 2.45) is 0 Å². The van der Waals surface area contributed by atoms with E-state index >= 15 is 0 Å². The molecular formula is C48H26OS2. The lowest BCUT2D eigenvalue weighted by atomic mass is 9.85. The first-order chi connectivity index (χ1) is 25.3. The zero-order chi connectivity index (χ0) is 33.2. The average molecular weight is 683 g/mol. The number of benzene rings is 9. The maximum atomic E-state index is 6.38. The molecule has 12 rings (SSSR count). The third-order valence-corrected chi connectivity index (χ3v) is 13.2. The van der Waals surface area contributed by atoms with Gasteiger partial charge < -0.3 is 4.42 Å². The van der Waals surface area contributed by atoms with Crippen molar-refractivity contribution in [2.45, 2.75) is 0 Å². The van der Waals surface area contributed by atoms with Crippen molar-refractivity contribution >= 4 is 117 Å². The molecule has 0 saturated carbocycles. The molecule has 0 bridgehead atoms. The molecule has 1 nitrogen and oxygen atoms in total. The zero-order valence-electron chi connectivity index (χ0n) is 27.2. The van der Waals surface area contributed by atoms with Gasteiger partial charge in [0, 0.05) is 56.5 Å². The van der Waals surface area contributed by atoms with Crippen LogP contribution in [0.25, 0.3) is 117 Å². The molecule has 12 aromatic rings. The van der Waals surface area contributed by atoms with Crippen LogP contribution in [0, 0.1) is 0 Å². The molecular weight excluding hydrogens is 657 g/mol. The quantitative estimate of drug-likeness (QED) is 0.165. The fraction of sp³-hybridized carbons (Fsp3) is 0. The van der Waals surface area contributed by atoms with E-state index in [1.165, 1.54) is 94.9 Å². The molecule has 9 aromatic carbocycles. The summed E-state index contributed by atoms with van der Waals surface area (Å²) in [4.78, 5) is 0. The summed E-state index contributed by atoms with van der Waals surface area (Å²) < 4.78 is 11.8. The second kappa shape index (κ2) is 10.3. The van der Waals surface area contributed by atoms with Crippen LogP contribution in [0.3, 0.4) is 0 Å². The molecule has 0 aliphatic rings. The molecule has 3 heterocycles. The lowest BCUT2D eigenvalue weighted by molar-refractivity contribution is 0.669. The molecule has 236 valence electrons. The molecule has 0 fully saturated rings. The third-order valence-electron chi connectivity index (χ3n) is 10.8. The van der Waals surface area contributed by atoms with E-state index in [0.717, 1.165) is 21.9 Å². The van der Waals surface area contributed by atoms with Crippen LogP contribution in [0.1, 0.15) is 0 Å². The standard InChI is InChI=1S/C48H26OS2/c1-3-14-33-31(12-1)43(32-13-2-4-15-34(32)44(33)28-21-23-30-29-11-7-9-19-39(29)49-40(30)26-28)27-22-24-42-38(25-27)45-35-16-5-6-17-36(35)47-46(48(45)51-42)37-18-8-10-20-41(37)50-47/h1-26H. The summed E-state index contributed by atoms with van der Waals surface area (Å²) in [7, 11) is 0. The minimum absolute atomic E-state index is 0.917. The van der Waals surface area contributed by atoms with Gasteiger partial charge in [-0.1, -0.05) is 121 Å². The lowest BCUT2D eigenvalue weighted by Gasteiger charge is -2.18. The number of rotatable bonds is 2. The van der Waals surface area contributed by atoms with Gasteiger partial charge in [0.05, 0.1) is 0 Å². The number of hydrogen-bond acceptors (Lipinski definition) is 3. The number of fused-ring (bicyclic) bond motifs is 15. The van der Waals surface area contributed by atoms with E-state index in [9.17, 15) is 0 Å². The number of furan rings is 1. The Morgan fingerprint density at radius 3 is 1.55 bits per heavy atom. The Balaban J connectivity index is 1.17. The monoisotopic (exact) mass is 682 g/mol. The van der Waals surface area contributed by atoms with Crippen LogP contribution in [-0.2, 0) is 0 Å². The lowest BCUT2D eigenvalue weighted by Crippen LogP contribution is -1.90. The van der Waals surface area contributed by atoms with Crippen molar-refractivity contribution in [3.63, 3.8) is 0 Å². The van der Waals surface area contributed by atoms with Crippen LogP contribution >= 0.6 is 22.7 Å². The van der Waals surface area contributed by atoms with Gasteiger partial charge in [-0.2, -0.15) is 0 Å². The Hall–Kier alpha value is -6.00. The van der Waals surface area contributed by atoms with E-state index in [-0.39, 0.29) is 0 Å². The van der Waals surface area contributed by atoms with Gasteiger partial charge in [-0.05, 0) is 85.6 Å². The maximum Gasteiger partial charge on any atom is 0.136 e. The van der Waals surface area contributed by atoms with Crippen molar-refractivity contribution in [2.75, 3.05) is 0 Å². The van der Waals surface area contributed by atoms with Crippen molar-refractivity contribution in [3.05, 3.63) is 158 Å². The minimum atomic E-state index is 0.917. The fourth-order valence-electron chi connectivity index (χ4n) is 8.69. The van der Waals surface area contributed by atoms with Crippen molar-refractivity contribution in [3.8, 4) is 22.3 Å². The maximum absolute atomic E-state index is 6.38. The van der Waals surface area contributed by atoms with E-state index in [1.807, 2.05) is 28.7 Å². The van der Waals surface area contributed by atoms with Crippen LogP contribution in [0.15, 0.2) is 162 Å². The van der Waals surface area contributed by atoms with E-state index in [2.05, 4.69) is 152 Å². The Labute approximate surface area is 300 Å². The summed E-state index contributed by atoms with van der Waals surface area (Å²) in [6.07, 6.45) is 0. The summed E-state index contributed by atoms with van der Waals surface area (Å²) in [5.41, 5.74) is 6.77. The Bertz CT molecular complexity index is 3370. The molecule has 0 aliphatic carbocycles. The molecule has 51 heavy (non-hydrogen) atoms. The van der Waals surface area contributed by atoms with E-state index < -0.39 is 0 Å². The molecule has 0 atom stereocenters.